The molecular weight excluding hydrogens is 221 g/mol. The summed E-state index contributed by atoms with van der Waals surface area (Å²) in [5, 5.41) is 11.3. The standard InChI is InChI=1S/C10H9ClFNO2/c1-6(10(14)15)5-13-7-2-3-8(11)9(12)4-7/h2-4,13H,1,5H2,(H,14,15). The van der Waals surface area contributed by atoms with Crippen molar-refractivity contribution >= 4 is 23.3 Å². The highest BCUT2D eigenvalue weighted by atomic mass is 35.5. The zero-order valence-corrected chi connectivity index (χ0v) is 8.51. The molecule has 5 heteroatoms. The van der Waals surface area contributed by atoms with E-state index in [0.29, 0.717) is 5.69 Å². The number of halogens is 2. The summed E-state index contributed by atoms with van der Waals surface area (Å²) in [6.07, 6.45) is 0. The summed E-state index contributed by atoms with van der Waals surface area (Å²) < 4.78 is 13.0. The fourth-order valence-corrected chi connectivity index (χ4v) is 1.01. The van der Waals surface area contributed by atoms with Crippen LogP contribution >= 0.6 is 11.6 Å². The first-order valence-electron chi connectivity index (χ1n) is 4.10. The Hall–Kier alpha value is -1.55. The van der Waals surface area contributed by atoms with Crippen LogP contribution in [0.2, 0.25) is 5.02 Å². The molecule has 0 bridgehead atoms. The predicted octanol–water partition coefficient (Wildman–Crippen LogP) is 2.53. The number of aliphatic carboxylic acids is 1. The van der Waals surface area contributed by atoms with Gasteiger partial charge in [-0.2, -0.15) is 0 Å². The Morgan fingerprint density at radius 2 is 2.27 bits per heavy atom. The molecule has 0 fully saturated rings. The Bertz CT molecular complexity index is 406. The van der Waals surface area contributed by atoms with E-state index in [-0.39, 0.29) is 17.1 Å². The van der Waals surface area contributed by atoms with Crippen molar-refractivity contribution in [3.63, 3.8) is 0 Å². The van der Waals surface area contributed by atoms with Crippen LogP contribution in [0.15, 0.2) is 30.4 Å². The Morgan fingerprint density at radius 3 is 2.80 bits per heavy atom. The molecule has 0 spiro atoms. The fraction of sp³-hybridized carbons (Fsp3) is 0.100. The van der Waals surface area contributed by atoms with E-state index in [2.05, 4.69) is 11.9 Å². The number of carboxylic acid groups (broad SMARTS) is 1. The van der Waals surface area contributed by atoms with Crippen LogP contribution in [0.5, 0.6) is 0 Å². The molecule has 15 heavy (non-hydrogen) atoms. The zero-order chi connectivity index (χ0) is 11.4. The monoisotopic (exact) mass is 229 g/mol. The van der Waals surface area contributed by atoms with Crippen molar-refractivity contribution in [3.8, 4) is 0 Å². The number of hydrogen-bond donors (Lipinski definition) is 2. The second-order valence-electron chi connectivity index (χ2n) is 2.89. The second kappa shape index (κ2) is 4.79. The van der Waals surface area contributed by atoms with Crippen molar-refractivity contribution in [2.24, 2.45) is 0 Å². The van der Waals surface area contributed by atoms with Crippen LogP contribution in [0.3, 0.4) is 0 Å². The summed E-state index contributed by atoms with van der Waals surface area (Å²) >= 11 is 5.48. The molecule has 0 unspecified atom stereocenters. The minimum absolute atomic E-state index is 0.00496. The zero-order valence-electron chi connectivity index (χ0n) is 7.76. The molecule has 80 valence electrons. The molecule has 0 heterocycles. The van der Waals surface area contributed by atoms with Crippen LogP contribution in [0, 0.1) is 5.82 Å². The van der Waals surface area contributed by atoms with Gasteiger partial charge in [-0.3, -0.25) is 0 Å². The maximum atomic E-state index is 13.0. The highest BCUT2D eigenvalue weighted by molar-refractivity contribution is 6.30. The van der Waals surface area contributed by atoms with Crippen molar-refractivity contribution in [3.05, 3.63) is 41.2 Å². The van der Waals surface area contributed by atoms with E-state index >= 15 is 0 Å². The molecule has 0 saturated heterocycles. The molecule has 0 amide bonds. The highest BCUT2D eigenvalue weighted by Crippen LogP contribution is 2.18. The molecule has 0 saturated carbocycles. The number of benzene rings is 1. The number of nitrogens with one attached hydrogen (secondary N) is 1. The molecule has 0 aromatic heterocycles. The van der Waals surface area contributed by atoms with Gasteiger partial charge >= 0.3 is 5.97 Å². The number of anilines is 1. The Labute approximate surface area is 91.2 Å². The van der Waals surface area contributed by atoms with E-state index in [0.717, 1.165) is 0 Å². The van der Waals surface area contributed by atoms with E-state index in [1.54, 1.807) is 6.07 Å². The lowest BCUT2D eigenvalue weighted by atomic mass is 10.2. The third kappa shape index (κ3) is 3.25. The lowest BCUT2D eigenvalue weighted by Crippen LogP contribution is -2.11. The molecule has 0 aliphatic rings. The topological polar surface area (TPSA) is 49.3 Å². The van der Waals surface area contributed by atoms with Crippen molar-refractivity contribution in [1.29, 1.82) is 0 Å². The van der Waals surface area contributed by atoms with Crippen LogP contribution in [0.25, 0.3) is 0 Å². The van der Waals surface area contributed by atoms with Crippen LogP contribution in [-0.2, 0) is 4.79 Å². The van der Waals surface area contributed by atoms with Crippen molar-refractivity contribution in [2.75, 3.05) is 11.9 Å². The van der Waals surface area contributed by atoms with E-state index in [9.17, 15) is 9.18 Å². The van der Waals surface area contributed by atoms with Gasteiger partial charge in [-0.1, -0.05) is 18.2 Å². The summed E-state index contributed by atoms with van der Waals surface area (Å²) in [5.74, 6) is -1.64. The van der Waals surface area contributed by atoms with Crippen LogP contribution in [-0.4, -0.2) is 17.6 Å². The largest absolute Gasteiger partial charge is 0.478 e. The van der Waals surface area contributed by atoms with E-state index in [1.165, 1.54) is 12.1 Å². The normalized spacial score (nSPS) is 9.73. The first-order chi connectivity index (χ1) is 7.00. The van der Waals surface area contributed by atoms with Gasteiger partial charge in [0, 0.05) is 17.8 Å². The van der Waals surface area contributed by atoms with Gasteiger partial charge in [-0.15, -0.1) is 0 Å². The number of carbonyl (C=O) groups is 1. The lowest BCUT2D eigenvalue weighted by molar-refractivity contribution is -0.132. The third-order valence-corrected chi connectivity index (χ3v) is 2.03. The summed E-state index contributed by atoms with van der Waals surface area (Å²) in [4.78, 5) is 10.4. The molecule has 1 aromatic carbocycles. The van der Waals surface area contributed by atoms with Gasteiger partial charge in [-0.25, -0.2) is 9.18 Å². The maximum absolute atomic E-state index is 13.0. The summed E-state index contributed by atoms with van der Waals surface area (Å²) in [6, 6.07) is 4.14. The molecule has 0 radical (unpaired) electrons. The molecule has 0 aliphatic carbocycles. The predicted molar refractivity (Wildman–Crippen MR) is 56.7 cm³/mol. The third-order valence-electron chi connectivity index (χ3n) is 1.73. The van der Waals surface area contributed by atoms with Crippen LogP contribution < -0.4 is 5.32 Å². The smallest absolute Gasteiger partial charge is 0.332 e. The van der Waals surface area contributed by atoms with Gasteiger partial charge in [-0.05, 0) is 18.2 Å². The fourth-order valence-electron chi connectivity index (χ4n) is 0.890. The quantitative estimate of drug-likeness (QED) is 0.780. The van der Waals surface area contributed by atoms with Gasteiger partial charge < -0.3 is 10.4 Å². The summed E-state index contributed by atoms with van der Waals surface area (Å²) in [6.45, 7) is 3.38. The molecule has 3 nitrogen and oxygen atoms in total. The highest BCUT2D eigenvalue weighted by Gasteiger charge is 2.04. The van der Waals surface area contributed by atoms with Gasteiger partial charge in [0.05, 0.1) is 5.02 Å². The maximum Gasteiger partial charge on any atom is 0.332 e. The minimum atomic E-state index is -1.09. The Balaban J connectivity index is 2.62. The molecular formula is C10H9ClFNO2. The average molecular weight is 230 g/mol. The summed E-state index contributed by atoms with van der Waals surface area (Å²) in [7, 11) is 0. The van der Waals surface area contributed by atoms with Gasteiger partial charge in [0.15, 0.2) is 0 Å². The van der Waals surface area contributed by atoms with Crippen LogP contribution in [0.1, 0.15) is 0 Å². The average Bonchev–Trinajstić information content (AvgIpc) is 2.19. The molecule has 1 aromatic rings. The van der Waals surface area contributed by atoms with E-state index in [4.69, 9.17) is 16.7 Å². The van der Waals surface area contributed by atoms with Crippen molar-refractivity contribution in [2.45, 2.75) is 0 Å². The van der Waals surface area contributed by atoms with Crippen molar-refractivity contribution in [1.82, 2.24) is 0 Å². The molecule has 0 atom stereocenters. The number of hydrogen-bond acceptors (Lipinski definition) is 2. The van der Waals surface area contributed by atoms with Crippen LogP contribution in [0.4, 0.5) is 10.1 Å². The second-order valence-corrected chi connectivity index (χ2v) is 3.30. The number of rotatable bonds is 4. The SMILES string of the molecule is C=C(CNc1ccc(Cl)c(F)c1)C(=O)O. The number of carboxylic acids is 1. The van der Waals surface area contributed by atoms with E-state index < -0.39 is 11.8 Å². The minimum Gasteiger partial charge on any atom is -0.478 e. The Morgan fingerprint density at radius 1 is 1.60 bits per heavy atom. The molecule has 2 N–H and O–H groups in total. The van der Waals surface area contributed by atoms with Gasteiger partial charge in [0.2, 0.25) is 0 Å². The van der Waals surface area contributed by atoms with Gasteiger partial charge in [0.1, 0.15) is 5.82 Å². The molecule has 1 rings (SSSR count). The Kier molecular flexibility index (Phi) is 3.68. The molecule has 0 aliphatic heterocycles. The first kappa shape index (κ1) is 11.5. The summed E-state index contributed by atoms with van der Waals surface area (Å²) in [5.41, 5.74) is 0.463. The van der Waals surface area contributed by atoms with Gasteiger partial charge in [0.25, 0.3) is 0 Å². The van der Waals surface area contributed by atoms with E-state index in [1.807, 2.05) is 0 Å². The first-order valence-corrected chi connectivity index (χ1v) is 4.48. The lowest BCUT2D eigenvalue weighted by Gasteiger charge is -2.06. The van der Waals surface area contributed by atoms with Crippen molar-refractivity contribution < 1.29 is 14.3 Å².